The zero-order chi connectivity index (χ0) is 16.8. The third-order valence-corrected chi connectivity index (χ3v) is 3.11. The van der Waals surface area contributed by atoms with Crippen LogP contribution in [-0.2, 0) is 4.79 Å². The quantitative estimate of drug-likeness (QED) is 0.653. The lowest BCUT2D eigenvalue weighted by molar-refractivity contribution is -0.387. The van der Waals surface area contributed by atoms with Gasteiger partial charge in [-0.15, -0.1) is 0 Å². The number of nitro benzene ring substituents is 1. The van der Waals surface area contributed by atoms with Crippen molar-refractivity contribution < 1.29 is 18.8 Å². The first-order chi connectivity index (χ1) is 11.0. The molecule has 0 unspecified atom stereocenters. The second-order valence-corrected chi connectivity index (χ2v) is 4.84. The molecule has 0 spiro atoms. The highest BCUT2D eigenvalue weighted by Crippen LogP contribution is 2.22. The van der Waals surface area contributed by atoms with Gasteiger partial charge in [0.2, 0.25) is 11.7 Å². The Morgan fingerprint density at radius 2 is 2.04 bits per heavy atom. The lowest BCUT2D eigenvalue weighted by Crippen LogP contribution is -2.15. The Kier molecular flexibility index (Phi) is 5.24. The molecule has 120 valence electrons. The van der Waals surface area contributed by atoms with Gasteiger partial charge in [-0.25, -0.2) is 0 Å². The van der Waals surface area contributed by atoms with Gasteiger partial charge in [-0.2, -0.15) is 4.39 Å². The Morgan fingerprint density at radius 1 is 1.30 bits per heavy atom. The molecule has 0 saturated heterocycles. The van der Waals surface area contributed by atoms with Gasteiger partial charge < -0.3 is 10.1 Å². The number of ether oxygens (including phenoxy) is 1. The van der Waals surface area contributed by atoms with Crippen LogP contribution in [0.3, 0.4) is 0 Å². The summed E-state index contributed by atoms with van der Waals surface area (Å²) < 4.78 is 18.7. The van der Waals surface area contributed by atoms with Crippen LogP contribution in [0.4, 0.5) is 15.8 Å². The number of rotatable bonds is 6. The molecule has 2 aromatic rings. The van der Waals surface area contributed by atoms with Crippen molar-refractivity contribution in [2.24, 2.45) is 0 Å². The number of nitrogens with one attached hydrogen (secondary N) is 1. The number of para-hydroxylation sites is 1. The standard InChI is InChI=1S/C16H15FN2O4/c1-11-4-2-3-5-15(11)23-9-8-16(20)18-12-6-7-13(17)14(10-12)19(21)22/h2-7,10H,8-9H2,1H3,(H,18,20). The smallest absolute Gasteiger partial charge is 0.306 e. The molecular formula is C16H15FN2O4. The molecule has 0 aliphatic heterocycles. The molecule has 0 bridgehead atoms. The predicted molar refractivity (Wildman–Crippen MR) is 83.0 cm³/mol. The lowest BCUT2D eigenvalue weighted by atomic mass is 10.2. The lowest BCUT2D eigenvalue weighted by Gasteiger charge is -2.09. The summed E-state index contributed by atoms with van der Waals surface area (Å²) in [5.41, 5.74) is 0.444. The summed E-state index contributed by atoms with van der Waals surface area (Å²) in [4.78, 5) is 21.6. The maximum atomic E-state index is 13.2. The van der Waals surface area contributed by atoms with Gasteiger partial charge in [0.05, 0.1) is 18.0 Å². The van der Waals surface area contributed by atoms with Crippen molar-refractivity contribution in [2.75, 3.05) is 11.9 Å². The average Bonchev–Trinajstić information content (AvgIpc) is 2.51. The Morgan fingerprint density at radius 3 is 2.74 bits per heavy atom. The summed E-state index contributed by atoms with van der Waals surface area (Å²) in [5.74, 6) is -0.631. The van der Waals surface area contributed by atoms with E-state index in [0.717, 1.165) is 17.7 Å². The van der Waals surface area contributed by atoms with E-state index in [1.807, 2.05) is 25.1 Å². The van der Waals surface area contributed by atoms with Gasteiger partial charge in [0.1, 0.15) is 5.75 Å². The molecule has 1 amide bonds. The van der Waals surface area contributed by atoms with E-state index < -0.39 is 16.4 Å². The summed E-state index contributed by atoms with van der Waals surface area (Å²) in [6.07, 6.45) is 0.0690. The Balaban J connectivity index is 1.89. The number of benzene rings is 2. The van der Waals surface area contributed by atoms with Crippen LogP contribution >= 0.6 is 0 Å². The minimum Gasteiger partial charge on any atom is -0.493 e. The number of halogens is 1. The first kappa shape index (κ1) is 16.4. The number of hydrogen-bond donors (Lipinski definition) is 1. The van der Waals surface area contributed by atoms with Gasteiger partial charge in [0, 0.05) is 11.8 Å². The number of anilines is 1. The van der Waals surface area contributed by atoms with E-state index in [1.54, 1.807) is 6.07 Å². The van der Waals surface area contributed by atoms with E-state index in [0.29, 0.717) is 5.75 Å². The van der Waals surface area contributed by atoms with Crippen molar-refractivity contribution >= 4 is 17.3 Å². The molecular weight excluding hydrogens is 303 g/mol. The number of aryl methyl sites for hydroxylation is 1. The maximum Gasteiger partial charge on any atom is 0.306 e. The van der Waals surface area contributed by atoms with Crippen LogP contribution < -0.4 is 10.1 Å². The van der Waals surface area contributed by atoms with Crippen LogP contribution in [0.5, 0.6) is 5.75 Å². The van der Waals surface area contributed by atoms with E-state index in [1.165, 1.54) is 6.07 Å². The van der Waals surface area contributed by atoms with Gasteiger partial charge in [-0.1, -0.05) is 18.2 Å². The second kappa shape index (κ2) is 7.35. The highest BCUT2D eigenvalue weighted by molar-refractivity contribution is 5.91. The third-order valence-electron chi connectivity index (χ3n) is 3.11. The van der Waals surface area contributed by atoms with E-state index in [-0.39, 0.29) is 24.6 Å². The number of amides is 1. The summed E-state index contributed by atoms with van der Waals surface area (Å²) in [6.45, 7) is 2.06. The van der Waals surface area contributed by atoms with E-state index in [2.05, 4.69) is 5.32 Å². The van der Waals surface area contributed by atoms with Crippen LogP contribution in [0.15, 0.2) is 42.5 Å². The molecule has 2 rings (SSSR count). The average molecular weight is 318 g/mol. The van der Waals surface area contributed by atoms with Gasteiger partial charge >= 0.3 is 5.69 Å². The molecule has 0 fully saturated rings. The van der Waals surface area contributed by atoms with Gasteiger partial charge in [0.25, 0.3) is 0 Å². The molecule has 2 aromatic carbocycles. The summed E-state index contributed by atoms with van der Waals surface area (Å²) in [5, 5.41) is 13.1. The monoisotopic (exact) mass is 318 g/mol. The Hall–Kier alpha value is -2.96. The molecule has 0 aliphatic carbocycles. The molecule has 0 heterocycles. The van der Waals surface area contributed by atoms with E-state index in [4.69, 9.17) is 4.74 Å². The van der Waals surface area contributed by atoms with E-state index >= 15 is 0 Å². The number of nitrogens with zero attached hydrogens (tertiary/aromatic N) is 1. The number of nitro groups is 1. The van der Waals surface area contributed by atoms with Crippen LogP contribution in [0.25, 0.3) is 0 Å². The van der Waals surface area contributed by atoms with Crippen LogP contribution in [0, 0.1) is 22.9 Å². The SMILES string of the molecule is Cc1ccccc1OCCC(=O)Nc1ccc(F)c([N+](=O)[O-])c1. The zero-order valence-electron chi connectivity index (χ0n) is 12.4. The number of carbonyl (C=O) groups excluding carboxylic acids is 1. The fraction of sp³-hybridized carbons (Fsp3) is 0.188. The molecule has 0 aromatic heterocycles. The van der Waals surface area contributed by atoms with Crippen molar-refractivity contribution in [2.45, 2.75) is 13.3 Å². The number of carbonyl (C=O) groups is 1. The molecule has 23 heavy (non-hydrogen) atoms. The summed E-state index contributed by atoms with van der Waals surface area (Å²) in [7, 11) is 0. The zero-order valence-corrected chi connectivity index (χ0v) is 12.4. The summed E-state index contributed by atoms with van der Waals surface area (Å²) in [6, 6.07) is 10.6. The van der Waals surface area contributed by atoms with Crippen LogP contribution in [-0.4, -0.2) is 17.4 Å². The van der Waals surface area contributed by atoms with E-state index in [9.17, 15) is 19.3 Å². The Bertz CT molecular complexity index is 734. The van der Waals surface area contributed by atoms with Crippen molar-refractivity contribution in [1.29, 1.82) is 0 Å². The normalized spacial score (nSPS) is 10.2. The maximum absolute atomic E-state index is 13.2. The third kappa shape index (κ3) is 4.50. The van der Waals surface area contributed by atoms with Crippen LogP contribution in [0.1, 0.15) is 12.0 Å². The van der Waals surface area contributed by atoms with Gasteiger partial charge in [-0.3, -0.25) is 14.9 Å². The highest BCUT2D eigenvalue weighted by atomic mass is 19.1. The first-order valence-electron chi connectivity index (χ1n) is 6.89. The van der Waals surface area contributed by atoms with Crippen LogP contribution in [0.2, 0.25) is 0 Å². The molecule has 0 aliphatic rings. The minimum atomic E-state index is -0.948. The van der Waals surface area contributed by atoms with Crippen molar-refractivity contribution in [3.8, 4) is 5.75 Å². The molecule has 7 heteroatoms. The predicted octanol–water partition coefficient (Wildman–Crippen LogP) is 3.45. The second-order valence-electron chi connectivity index (χ2n) is 4.84. The molecule has 0 saturated carbocycles. The van der Waals surface area contributed by atoms with Crippen molar-refractivity contribution in [3.05, 3.63) is 64.0 Å². The fourth-order valence-corrected chi connectivity index (χ4v) is 1.93. The summed E-state index contributed by atoms with van der Waals surface area (Å²) >= 11 is 0. The van der Waals surface area contributed by atoms with Gasteiger partial charge in [0.15, 0.2) is 0 Å². The molecule has 1 N–H and O–H groups in total. The topological polar surface area (TPSA) is 81.5 Å². The fourth-order valence-electron chi connectivity index (χ4n) is 1.93. The number of hydrogen-bond acceptors (Lipinski definition) is 4. The van der Waals surface area contributed by atoms with Crippen molar-refractivity contribution in [3.63, 3.8) is 0 Å². The van der Waals surface area contributed by atoms with Gasteiger partial charge in [-0.05, 0) is 30.7 Å². The Labute approximate surface area is 132 Å². The van der Waals surface area contributed by atoms with Crippen molar-refractivity contribution in [1.82, 2.24) is 0 Å². The largest absolute Gasteiger partial charge is 0.493 e. The molecule has 0 radical (unpaired) electrons. The molecule has 0 atom stereocenters. The highest BCUT2D eigenvalue weighted by Gasteiger charge is 2.15. The first-order valence-corrected chi connectivity index (χ1v) is 6.89. The molecule has 6 nitrogen and oxygen atoms in total. The minimum absolute atomic E-state index is 0.0690.